The van der Waals surface area contributed by atoms with Crippen LogP contribution in [0.4, 0.5) is 8.78 Å². The molecule has 1 aromatic carbocycles. The molecule has 3 nitrogen and oxygen atoms in total. The molecule has 3 N–H and O–H groups in total. The van der Waals surface area contributed by atoms with Crippen LogP contribution in [-0.2, 0) is 10.5 Å². The molecule has 1 unspecified atom stereocenters. The fourth-order valence-electron chi connectivity index (χ4n) is 1.22. The number of hydrogen-bond acceptors (Lipinski definition) is 3. The first-order chi connectivity index (χ1) is 7.99. The fourth-order valence-corrected chi connectivity index (χ4v) is 2.19. The fraction of sp³-hybridized carbons (Fsp3) is 0.364. The van der Waals surface area contributed by atoms with E-state index in [0.29, 0.717) is 23.5 Å². The number of aliphatic carboxylic acids is 1. The maximum Gasteiger partial charge on any atom is 0.320 e. The molecule has 1 aromatic rings. The van der Waals surface area contributed by atoms with Gasteiger partial charge in [0.25, 0.3) is 0 Å². The van der Waals surface area contributed by atoms with E-state index in [-0.39, 0.29) is 0 Å². The molecule has 94 valence electrons. The van der Waals surface area contributed by atoms with E-state index in [2.05, 4.69) is 0 Å². The molecule has 0 radical (unpaired) electrons. The van der Waals surface area contributed by atoms with Crippen molar-refractivity contribution in [2.24, 2.45) is 5.73 Å². The first-order valence-electron chi connectivity index (χ1n) is 5.00. The number of carbonyl (C=O) groups is 1. The second-order valence-corrected chi connectivity index (χ2v) is 4.67. The van der Waals surface area contributed by atoms with Crippen LogP contribution in [-0.4, -0.2) is 22.9 Å². The number of hydrogen-bond donors (Lipinski definition) is 2. The van der Waals surface area contributed by atoms with Crippen LogP contribution in [0.25, 0.3) is 0 Å². The number of benzene rings is 1. The average molecular weight is 261 g/mol. The Bertz CT molecular complexity index is 381. The van der Waals surface area contributed by atoms with Crippen molar-refractivity contribution in [2.45, 2.75) is 18.2 Å². The lowest BCUT2D eigenvalue weighted by Gasteiger charge is -2.06. The van der Waals surface area contributed by atoms with Crippen molar-refractivity contribution >= 4 is 17.7 Å². The van der Waals surface area contributed by atoms with Crippen LogP contribution in [0, 0.1) is 11.6 Å². The van der Waals surface area contributed by atoms with Gasteiger partial charge >= 0.3 is 5.97 Å². The van der Waals surface area contributed by atoms with E-state index < -0.39 is 23.6 Å². The number of halogens is 2. The van der Waals surface area contributed by atoms with Crippen molar-refractivity contribution < 1.29 is 18.7 Å². The Balaban J connectivity index is 2.33. The SMILES string of the molecule is NC(CCSCc1cc(F)cc(F)c1)C(=O)O. The number of carboxylic acids is 1. The van der Waals surface area contributed by atoms with Crippen LogP contribution >= 0.6 is 11.8 Å². The summed E-state index contributed by atoms with van der Waals surface area (Å²) in [5.41, 5.74) is 5.85. The number of thioether (sulfide) groups is 1. The van der Waals surface area contributed by atoms with E-state index in [1.165, 1.54) is 23.9 Å². The second kappa shape index (κ2) is 6.56. The largest absolute Gasteiger partial charge is 0.480 e. The molecule has 0 aliphatic carbocycles. The van der Waals surface area contributed by atoms with E-state index in [0.717, 1.165) is 6.07 Å². The second-order valence-electron chi connectivity index (χ2n) is 3.56. The van der Waals surface area contributed by atoms with Gasteiger partial charge in [-0.1, -0.05) is 0 Å². The highest BCUT2D eigenvalue weighted by Crippen LogP contribution is 2.16. The van der Waals surface area contributed by atoms with E-state index in [4.69, 9.17) is 10.8 Å². The van der Waals surface area contributed by atoms with Crippen molar-refractivity contribution in [3.63, 3.8) is 0 Å². The number of carboxylic acid groups (broad SMARTS) is 1. The number of rotatable bonds is 6. The van der Waals surface area contributed by atoms with E-state index in [9.17, 15) is 13.6 Å². The molecule has 0 aliphatic heterocycles. The van der Waals surface area contributed by atoms with E-state index in [1.807, 2.05) is 0 Å². The first-order valence-corrected chi connectivity index (χ1v) is 6.15. The Morgan fingerprint density at radius 3 is 2.47 bits per heavy atom. The summed E-state index contributed by atoms with van der Waals surface area (Å²) in [6.45, 7) is 0. The standard InChI is InChI=1S/C11H13F2NO2S/c12-8-3-7(4-9(13)5-8)6-17-2-1-10(14)11(15)16/h3-5,10H,1-2,6,14H2,(H,15,16). The smallest absolute Gasteiger partial charge is 0.320 e. The van der Waals surface area contributed by atoms with Gasteiger partial charge in [0.05, 0.1) is 0 Å². The summed E-state index contributed by atoms with van der Waals surface area (Å²) in [4.78, 5) is 10.4. The van der Waals surface area contributed by atoms with Gasteiger partial charge in [-0.2, -0.15) is 11.8 Å². The van der Waals surface area contributed by atoms with Gasteiger partial charge in [-0.3, -0.25) is 4.79 Å². The van der Waals surface area contributed by atoms with Crippen LogP contribution in [0.3, 0.4) is 0 Å². The highest BCUT2D eigenvalue weighted by molar-refractivity contribution is 7.98. The maximum atomic E-state index is 12.8. The maximum absolute atomic E-state index is 12.8. The lowest BCUT2D eigenvalue weighted by Crippen LogP contribution is -2.30. The first kappa shape index (κ1) is 13.9. The average Bonchev–Trinajstić information content (AvgIpc) is 2.22. The quantitative estimate of drug-likeness (QED) is 0.769. The summed E-state index contributed by atoms with van der Waals surface area (Å²) >= 11 is 1.39. The molecule has 0 saturated heterocycles. The van der Waals surface area contributed by atoms with Gasteiger partial charge in [-0.05, 0) is 29.9 Å². The van der Waals surface area contributed by atoms with Gasteiger partial charge < -0.3 is 10.8 Å². The minimum Gasteiger partial charge on any atom is -0.480 e. The topological polar surface area (TPSA) is 63.3 Å². The third kappa shape index (κ3) is 5.14. The number of nitrogens with two attached hydrogens (primary N) is 1. The van der Waals surface area contributed by atoms with Gasteiger partial charge in [0, 0.05) is 11.8 Å². The third-order valence-corrected chi connectivity index (χ3v) is 3.14. The summed E-state index contributed by atoms with van der Waals surface area (Å²) in [6, 6.07) is 2.45. The predicted molar refractivity (Wildman–Crippen MR) is 62.7 cm³/mol. The van der Waals surface area contributed by atoms with E-state index in [1.54, 1.807) is 0 Å². The molecule has 0 spiro atoms. The molecule has 0 amide bonds. The Morgan fingerprint density at radius 2 is 1.94 bits per heavy atom. The van der Waals surface area contributed by atoms with Gasteiger partial charge in [0.15, 0.2) is 0 Å². The third-order valence-electron chi connectivity index (χ3n) is 2.08. The summed E-state index contributed by atoms with van der Waals surface area (Å²) in [5, 5.41) is 8.54. The van der Waals surface area contributed by atoms with Crippen molar-refractivity contribution in [3.05, 3.63) is 35.4 Å². The summed E-state index contributed by atoms with van der Waals surface area (Å²) < 4.78 is 25.6. The zero-order valence-corrected chi connectivity index (χ0v) is 9.84. The Hall–Kier alpha value is -1.14. The molecular weight excluding hydrogens is 248 g/mol. The van der Waals surface area contributed by atoms with Gasteiger partial charge in [0.2, 0.25) is 0 Å². The van der Waals surface area contributed by atoms with Crippen LogP contribution in [0.2, 0.25) is 0 Å². The summed E-state index contributed by atoms with van der Waals surface area (Å²) in [7, 11) is 0. The van der Waals surface area contributed by atoms with E-state index >= 15 is 0 Å². The lowest BCUT2D eigenvalue weighted by atomic mass is 10.2. The molecule has 1 atom stereocenters. The summed E-state index contributed by atoms with van der Waals surface area (Å²) in [6.07, 6.45) is 0.331. The zero-order chi connectivity index (χ0) is 12.8. The Morgan fingerprint density at radius 1 is 1.35 bits per heavy atom. The minimum absolute atomic E-state index is 0.331. The molecule has 0 aromatic heterocycles. The van der Waals surface area contributed by atoms with Crippen LogP contribution in [0.5, 0.6) is 0 Å². The highest BCUT2D eigenvalue weighted by atomic mass is 32.2. The molecule has 17 heavy (non-hydrogen) atoms. The van der Waals surface area contributed by atoms with Gasteiger partial charge in [-0.25, -0.2) is 8.78 Å². The minimum atomic E-state index is -1.04. The van der Waals surface area contributed by atoms with Gasteiger partial charge in [0.1, 0.15) is 17.7 Å². The van der Waals surface area contributed by atoms with Gasteiger partial charge in [-0.15, -0.1) is 0 Å². The molecule has 0 aliphatic rings. The molecule has 0 fully saturated rings. The monoisotopic (exact) mass is 261 g/mol. The van der Waals surface area contributed by atoms with Crippen LogP contribution < -0.4 is 5.73 Å². The van der Waals surface area contributed by atoms with Crippen molar-refractivity contribution in [2.75, 3.05) is 5.75 Å². The van der Waals surface area contributed by atoms with Crippen LogP contribution in [0.15, 0.2) is 18.2 Å². The highest BCUT2D eigenvalue weighted by Gasteiger charge is 2.10. The van der Waals surface area contributed by atoms with Crippen LogP contribution in [0.1, 0.15) is 12.0 Å². The Labute approximate surface area is 102 Å². The predicted octanol–water partition coefficient (Wildman–Crippen LogP) is 2.00. The molecule has 0 bridgehead atoms. The molecule has 1 rings (SSSR count). The van der Waals surface area contributed by atoms with Crippen molar-refractivity contribution in [1.29, 1.82) is 0 Å². The molecule has 6 heteroatoms. The zero-order valence-electron chi connectivity index (χ0n) is 9.03. The molecule has 0 heterocycles. The normalized spacial score (nSPS) is 12.4. The molecule has 0 saturated carbocycles. The summed E-state index contributed by atoms with van der Waals surface area (Å²) in [5.74, 6) is -1.29. The lowest BCUT2D eigenvalue weighted by molar-refractivity contribution is -0.138. The Kier molecular flexibility index (Phi) is 5.37. The van der Waals surface area contributed by atoms with Crippen molar-refractivity contribution in [3.8, 4) is 0 Å². The molecular formula is C11H13F2NO2S. The van der Waals surface area contributed by atoms with Crippen molar-refractivity contribution in [1.82, 2.24) is 0 Å².